The Morgan fingerprint density at radius 2 is 1.90 bits per heavy atom. The predicted molar refractivity (Wildman–Crippen MR) is 103 cm³/mol. The van der Waals surface area contributed by atoms with Gasteiger partial charge in [0, 0.05) is 24.6 Å². The molecule has 3 aromatic heterocycles. The second-order valence-corrected chi connectivity index (χ2v) is 7.85. The van der Waals surface area contributed by atoms with E-state index in [-0.39, 0.29) is 23.8 Å². The number of aromatic nitrogens is 6. The van der Waals surface area contributed by atoms with E-state index in [4.69, 9.17) is 0 Å². The van der Waals surface area contributed by atoms with E-state index >= 15 is 0 Å². The Labute approximate surface area is 170 Å². The van der Waals surface area contributed by atoms with Gasteiger partial charge in [0.1, 0.15) is 11.4 Å². The number of hydrogen-bond acceptors (Lipinski definition) is 6. The maximum Gasteiger partial charge on any atom is 0.421 e. The number of anilines is 3. The Bertz CT molecular complexity index is 1030. The highest BCUT2D eigenvalue weighted by Gasteiger charge is 2.37. The lowest BCUT2D eigenvalue weighted by molar-refractivity contribution is -0.137. The fourth-order valence-electron chi connectivity index (χ4n) is 3.69. The summed E-state index contributed by atoms with van der Waals surface area (Å²) in [5.41, 5.74) is 0.709. The molecule has 0 aromatic carbocycles. The largest absolute Gasteiger partial charge is 0.421 e. The van der Waals surface area contributed by atoms with Crippen molar-refractivity contribution >= 4 is 17.5 Å². The molecule has 0 saturated heterocycles. The molecule has 5 rings (SSSR count). The van der Waals surface area contributed by atoms with Crippen LogP contribution in [0.15, 0.2) is 30.9 Å². The molecule has 3 aromatic rings. The van der Waals surface area contributed by atoms with Crippen LogP contribution in [-0.2, 0) is 6.18 Å². The van der Waals surface area contributed by atoms with E-state index in [1.54, 1.807) is 12.4 Å². The molecule has 0 amide bonds. The van der Waals surface area contributed by atoms with Gasteiger partial charge >= 0.3 is 6.18 Å². The summed E-state index contributed by atoms with van der Waals surface area (Å²) in [6, 6.07) is 2.57. The van der Waals surface area contributed by atoms with Crippen LogP contribution in [-0.4, -0.2) is 35.6 Å². The molecule has 2 saturated carbocycles. The lowest BCUT2D eigenvalue weighted by Crippen LogP contribution is -2.30. The van der Waals surface area contributed by atoms with Crippen molar-refractivity contribution in [2.75, 3.05) is 10.6 Å². The smallest absolute Gasteiger partial charge is 0.367 e. The minimum Gasteiger partial charge on any atom is -0.367 e. The van der Waals surface area contributed by atoms with Crippen molar-refractivity contribution in [1.82, 2.24) is 29.5 Å². The zero-order valence-corrected chi connectivity index (χ0v) is 16.3. The van der Waals surface area contributed by atoms with Gasteiger partial charge in [0.2, 0.25) is 5.95 Å². The van der Waals surface area contributed by atoms with Crippen molar-refractivity contribution < 1.29 is 13.2 Å². The van der Waals surface area contributed by atoms with Crippen LogP contribution in [0.5, 0.6) is 0 Å². The average Bonchev–Trinajstić information content (AvgIpc) is 3.17. The first-order valence-corrected chi connectivity index (χ1v) is 9.89. The Balaban J connectivity index is 1.31. The van der Waals surface area contributed by atoms with Crippen LogP contribution in [0.2, 0.25) is 0 Å². The molecule has 2 fully saturated rings. The van der Waals surface area contributed by atoms with Gasteiger partial charge in [-0.2, -0.15) is 28.4 Å². The van der Waals surface area contributed by atoms with E-state index in [1.807, 2.05) is 28.6 Å². The van der Waals surface area contributed by atoms with Crippen LogP contribution in [0.3, 0.4) is 0 Å². The van der Waals surface area contributed by atoms with Crippen molar-refractivity contribution in [2.24, 2.45) is 0 Å². The van der Waals surface area contributed by atoms with E-state index < -0.39 is 11.7 Å². The highest BCUT2D eigenvalue weighted by Crippen LogP contribution is 2.42. The zero-order chi connectivity index (χ0) is 20.9. The fraction of sp³-hybridized carbons (Fsp3) is 0.474. The first-order chi connectivity index (χ1) is 14.4. The highest BCUT2D eigenvalue weighted by atomic mass is 19.4. The molecular weight excluding hydrogens is 397 g/mol. The molecule has 0 spiro atoms. The molecule has 0 unspecified atom stereocenters. The summed E-state index contributed by atoms with van der Waals surface area (Å²) < 4.78 is 43.7. The van der Waals surface area contributed by atoms with E-state index in [9.17, 15) is 13.2 Å². The molecule has 3 heterocycles. The molecule has 2 N–H and O–H groups in total. The molecular formula is C19H21F3N8. The molecule has 2 aliphatic rings. The average molecular weight is 418 g/mol. The number of nitrogens with one attached hydrogen (secondary N) is 2. The minimum atomic E-state index is -4.51. The molecule has 30 heavy (non-hydrogen) atoms. The number of rotatable bonds is 6. The number of alkyl halides is 3. The fourth-order valence-corrected chi connectivity index (χ4v) is 3.69. The molecule has 0 aliphatic heterocycles. The SMILES string of the molecule is Cc1c(Nc2ncc(C(F)(F)F)c(NC3CC3)n2)cnn1C1CC(n2cccn2)C1. The second kappa shape index (κ2) is 6.99. The van der Waals surface area contributed by atoms with Gasteiger partial charge in [-0.3, -0.25) is 9.36 Å². The molecule has 0 atom stereocenters. The molecule has 158 valence electrons. The van der Waals surface area contributed by atoms with Gasteiger partial charge < -0.3 is 10.6 Å². The van der Waals surface area contributed by atoms with Gasteiger partial charge in [0.05, 0.1) is 29.7 Å². The van der Waals surface area contributed by atoms with Crippen LogP contribution in [0.1, 0.15) is 49.0 Å². The van der Waals surface area contributed by atoms with Gasteiger partial charge in [-0.25, -0.2) is 4.98 Å². The first kappa shape index (κ1) is 18.9. The Kier molecular flexibility index (Phi) is 4.40. The predicted octanol–water partition coefficient (Wildman–Crippen LogP) is 4.09. The number of nitrogens with zero attached hydrogens (tertiary/aromatic N) is 6. The third kappa shape index (κ3) is 3.59. The molecule has 11 heteroatoms. The lowest BCUT2D eigenvalue weighted by atomic mass is 9.87. The number of hydrogen-bond donors (Lipinski definition) is 2. The summed E-state index contributed by atoms with van der Waals surface area (Å²) in [7, 11) is 0. The van der Waals surface area contributed by atoms with Crippen molar-refractivity contribution in [3.63, 3.8) is 0 Å². The number of halogens is 3. The van der Waals surface area contributed by atoms with Crippen molar-refractivity contribution in [1.29, 1.82) is 0 Å². The Morgan fingerprint density at radius 3 is 2.57 bits per heavy atom. The molecule has 0 bridgehead atoms. The van der Waals surface area contributed by atoms with Gasteiger partial charge in [-0.05, 0) is 38.7 Å². The molecule has 0 radical (unpaired) electrons. The maximum absolute atomic E-state index is 13.3. The molecule has 8 nitrogen and oxygen atoms in total. The van der Waals surface area contributed by atoms with Crippen LogP contribution in [0, 0.1) is 6.92 Å². The summed E-state index contributed by atoms with van der Waals surface area (Å²) in [5.74, 6) is -0.0783. The highest BCUT2D eigenvalue weighted by molar-refractivity contribution is 5.58. The maximum atomic E-state index is 13.3. The second-order valence-electron chi connectivity index (χ2n) is 7.85. The van der Waals surface area contributed by atoms with Crippen LogP contribution in [0.4, 0.5) is 30.6 Å². The third-order valence-electron chi connectivity index (χ3n) is 5.64. The van der Waals surface area contributed by atoms with Gasteiger partial charge in [0.25, 0.3) is 0 Å². The summed E-state index contributed by atoms with van der Waals surface area (Å²) in [5, 5.41) is 14.6. The summed E-state index contributed by atoms with van der Waals surface area (Å²) >= 11 is 0. The monoisotopic (exact) mass is 418 g/mol. The lowest BCUT2D eigenvalue weighted by Gasteiger charge is -2.36. The van der Waals surface area contributed by atoms with Gasteiger partial charge in [-0.15, -0.1) is 0 Å². The minimum absolute atomic E-state index is 0.0414. The quantitative estimate of drug-likeness (QED) is 0.627. The van der Waals surface area contributed by atoms with E-state index in [1.165, 1.54) is 0 Å². The Morgan fingerprint density at radius 1 is 1.10 bits per heavy atom. The van der Waals surface area contributed by atoms with Crippen molar-refractivity contribution in [3.05, 3.63) is 42.1 Å². The van der Waals surface area contributed by atoms with Crippen LogP contribution in [0.25, 0.3) is 0 Å². The van der Waals surface area contributed by atoms with Crippen LogP contribution < -0.4 is 10.6 Å². The normalized spacial score (nSPS) is 21.3. The van der Waals surface area contributed by atoms with E-state index in [0.717, 1.165) is 37.6 Å². The topological polar surface area (TPSA) is 85.5 Å². The standard InChI is InChI=1S/C19H21F3N8/c1-11-16(10-25-30(11)14-7-13(8-14)29-6-2-5-24-29)27-18-23-9-15(19(20,21)22)17(28-18)26-12-3-4-12/h2,5-6,9-10,12-14H,3-4,7-8H2,1H3,(H2,23,26,27,28). The van der Waals surface area contributed by atoms with Crippen LogP contribution >= 0.6 is 0 Å². The zero-order valence-electron chi connectivity index (χ0n) is 16.3. The first-order valence-electron chi connectivity index (χ1n) is 9.89. The molecule has 2 aliphatic carbocycles. The summed E-state index contributed by atoms with van der Waals surface area (Å²) in [4.78, 5) is 7.96. The Hall–Kier alpha value is -3.11. The summed E-state index contributed by atoms with van der Waals surface area (Å²) in [6.45, 7) is 1.92. The van der Waals surface area contributed by atoms with Gasteiger partial charge in [0.15, 0.2) is 0 Å². The summed E-state index contributed by atoms with van der Waals surface area (Å²) in [6.07, 6.45) is 5.24. The van der Waals surface area contributed by atoms with Gasteiger partial charge in [-0.1, -0.05) is 0 Å². The van der Waals surface area contributed by atoms with E-state index in [2.05, 4.69) is 30.8 Å². The van der Waals surface area contributed by atoms with E-state index in [0.29, 0.717) is 11.7 Å². The third-order valence-corrected chi connectivity index (χ3v) is 5.64. The van der Waals surface area contributed by atoms with Crippen molar-refractivity contribution in [3.8, 4) is 0 Å². The van der Waals surface area contributed by atoms with Crippen molar-refractivity contribution in [2.45, 2.75) is 56.9 Å².